The van der Waals surface area contributed by atoms with E-state index in [1.165, 1.54) is 12.3 Å². The number of nitrogen functional groups attached to an aromatic ring is 1. The summed E-state index contributed by atoms with van der Waals surface area (Å²) in [6, 6.07) is 10.8. The van der Waals surface area contributed by atoms with E-state index in [4.69, 9.17) is 5.73 Å². The van der Waals surface area contributed by atoms with E-state index in [0.29, 0.717) is 11.4 Å². The SMILES string of the molecule is Cc1cc(C)cc(Nc2ccc(S(C)(=O)=O)cc2N)c1. The molecule has 2 aromatic rings. The molecule has 0 fully saturated rings. The smallest absolute Gasteiger partial charge is 0.175 e. The van der Waals surface area contributed by atoms with Crippen LogP contribution in [0.25, 0.3) is 0 Å². The highest BCUT2D eigenvalue weighted by Gasteiger charge is 2.09. The van der Waals surface area contributed by atoms with Gasteiger partial charge in [0.25, 0.3) is 0 Å². The van der Waals surface area contributed by atoms with Gasteiger partial charge in [-0.3, -0.25) is 0 Å². The maximum Gasteiger partial charge on any atom is 0.175 e. The van der Waals surface area contributed by atoms with Crippen molar-refractivity contribution in [1.29, 1.82) is 0 Å². The fourth-order valence-electron chi connectivity index (χ4n) is 2.09. The molecule has 20 heavy (non-hydrogen) atoms. The van der Waals surface area contributed by atoms with E-state index >= 15 is 0 Å². The lowest BCUT2D eigenvalue weighted by molar-refractivity contribution is 0.602. The maximum absolute atomic E-state index is 11.5. The molecule has 0 aromatic heterocycles. The molecule has 0 radical (unpaired) electrons. The van der Waals surface area contributed by atoms with Crippen molar-refractivity contribution in [2.75, 3.05) is 17.3 Å². The number of aryl methyl sites for hydroxylation is 2. The molecule has 2 rings (SSSR count). The predicted octanol–water partition coefficient (Wildman–Crippen LogP) is 3.03. The average Bonchev–Trinajstić information content (AvgIpc) is 2.29. The lowest BCUT2D eigenvalue weighted by Crippen LogP contribution is -2.01. The first kappa shape index (κ1) is 14.4. The Morgan fingerprint density at radius 2 is 1.60 bits per heavy atom. The molecule has 4 nitrogen and oxygen atoms in total. The zero-order valence-corrected chi connectivity index (χ0v) is 12.6. The third kappa shape index (κ3) is 3.30. The number of hydrogen-bond acceptors (Lipinski definition) is 4. The monoisotopic (exact) mass is 290 g/mol. The molecule has 0 atom stereocenters. The zero-order chi connectivity index (χ0) is 14.9. The van der Waals surface area contributed by atoms with Gasteiger partial charge in [-0.05, 0) is 55.3 Å². The van der Waals surface area contributed by atoms with Crippen LogP contribution in [0.2, 0.25) is 0 Å². The van der Waals surface area contributed by atoms with Crippen LogP contribution in [0.4, 0.5) is 17.1 Å². The molecule has 0 aliphatic heterocycles. The fraction of sp³-hybridized carbons (Fsp3) is 0.200. The second-order valence-corrected chi connectivity index (χ2v) is 7.04. The summed E-state index contributed by atoms with van der Waals surface area (Å²) in [6.45, 7) is 4.04. The Bertz CT molecular complexity index is 732. The molecule has 2 aromatic carbocycles. The second-order valence-electron chi connectivity index (χ2n) is 5.02. The van der Waals surface area contributed by atoms with Crippen LogP contribution in [0.5, 0.6) is 0 Å². The molecule has 0 saturated heterocycles. The standard InChI is InChI=1S/C15H18N2O2S/c1-10-6-11(2)8-12(7-10)17-15-5-4-13(9-14(15)16)20(3,18)19/h4-9,17H,16H2,1-3H3. The van der Waals surface area contributed by atoms with Gasteiger partial charge in [0.2, 0.25) is 0 Å². The first-order valence-electron chi connectivity index (χ1n) is 6.20. The topological polar surface area (TPSA) is 72.2 Å². The molecule has 5 heteroatoms. The minimum Gasteiger partial charge on any atom is -0.397 e. The van der Waals surface area contributed by atoms with E-state index in [-0.39, 0.29) is 4.90 Å². The molecule has 106 valence electrons. The number of rotatable bonds is 3. The quantitative estimate of drug-likeness (QED) is 0.852. The summed E-state index contributed by atoms with van der Waals surface area (Å²) in [5.74, 6) is 0. The number of benzene rings is 2. The van der Waals surface area contributed by atoms with Crippen molar-refractivity contribution in [3.05, 3.63) is 47.5 Å². The summed E-state index contributed by atoms with van der Waals surface area (Å²) in [7, 11) is -3.24. The van der Waals surface area contributed by atoms with E-state index in [1.807, 2.05) is 26.0 Å². The van der Waals surface area contributed by atoms with Crippen LogP contribution >= 0.6 is 0 Å². The highest BCUT2D eigenvalue weighted by molar-refractivity contribution is 7.90. The molecular formula is C15H18N2O2S. The van der Waals surface area contributed by atoms with Gasteiger partial charge in [-0.1, -0.05) is 6.07 Å². The Hall–Kier alpha value is -2.01. The average molecular weight is 290 g/mol. The van der Waals surface area contributed by atoms with Crippen LogP contribution in [0.15, 0.2) is 41.3 Å². The van der Waals surface area contributed by atoms with Crippen molar-refractivity contribution in [2.24, 2.45) is 0 Å². The molecule has 0 amide bonds. The molecule has 0 aliphatic carbocycles. The third-order valence-electron chi connectivity index (χ3n) is 2.95. The van der Waals surface area contributed by atoms with Gasteiger partial charge in [-0.2, -0.15) is 0 Å². The molecule has 0 heterocycles. The fourth-order valence-corrected chi connectivity index (χ4v) is 2.74. The number of anilines is 3. The number of sulfone groups is 1. The Morgan fingerprint density at radius 1 is 1.00 bits per heavy atom. The lowest BCUT2D eigenvalue weighted by atomic mass is 10.1. The highest BCUT2D eigenvalue weighted by atomic mass is 32.2. The molecule has 0 saturated carbocycles. The summed E-state index contributed by atoms with van der Waals surface area (Å²) in [4.78, 5) is 0.223. The van der Waals surface area contributed by atoms with Gasteiger partial charge in [0.1, 0.15) is 0 Å². The van der Waals surface area contributed by atoms with Crippen LogP contribution < -0.4 is 11.1 Å². The van der Waals surface area contributed by atoms with E-state index < -0.39 is 9.84 Å². The number of nitrogens with two attached hydrogens (primary N) is 1. The molecule has 0 unspecified atom stereocenters. The van der Waals surface area contributed by atoms with Gasteiger partial charge in [0.15, 0.2) is 9.84 Å². The van der Waals surface area contributed by atoms with Crippen LogP contribution in [0, 0.1) is 13.8 Å². The van der Waals surface area contributed by atoms with Crippen molar-refractivity contribution in [2.45, 2.75) is 18.7 Å². The van der Waals surface area contributed by atoms with Gasteiger partial charge in [-0.15, -0.1) is 0 Å². The zero-order valence-electron chi connectivity index (χ0n) is 11.8. The summed E-state index contributed by atoms with van der Waals surface area (Å²) in [5, 5.41) is 3.21. The normalized spacial score (nSPS) is 11.3. The van der Waals surface area contributed by atoms with Crippen LogP contribution in [-0.2, 0) is 9.84 Å². The Kier molecular flexibility index (Phi) is 3.72. The number of hydrogen-bond donors (Lipinski definition) is 2. The maximum atomic E-state index is 11.5. The first-order valence-corrected chi connectivity index (χ1v) is 8.10. The van der Waals surface area contributed by atoms with Crippen LogP contribution in [0.1, 0.15) is 11.1 Å². The number of nitrogens with one attached hydrogen (secondary N) is 1. The largest absolute Gasteiger partial charge is 0.397 e. The van der Waals surface area contributed by atoms with Crippen molar-refractivity contribution >= 4 is 26.9 Å². The van der Waals surface area contributed by atoms with E-state index in [1.54, 1.807) is 12.1 Å². The second kappa shape index (κ2) is 5.17. The molecule has 3 N–H and O–H groups in total. The van der Waals surface area contributed by atoms with Crippen LogP contribution in [-0.4, -0.2) is 14.7 Å². The van der Waals surface area contributed by atoms with Crippen molar-refractivity contribution in [3.8, 4) is 0 Å². The van der Waals surface area contributed by atoms with Crippen LogP contribution in [0.3, 0.4) is 0 Å². The van der Waals surface area contributed by atoms with Gasteiger partial charge >= 0.3 is 0 Å². The molecule has 0 bridgehead atoms. The molecular weight excluding hydrogens is 272 g/mol. The van der Waals surface area contributed by atoms with Crippen molar-refractivity contribution in [1.82, 2.24) is 0 Å². The Balaban J connectivity index is 2.35. The Morgan fingerprint density at radius 3 is 2.10 bits per heavy atom. The highest BCUT2D eigenvalue weighted by Crippen LogP contribution is 2.26. The Labute approximate surface area is 119 Å². The summed E-state index contributed by atoms with van der Waals surface area (Å²) < 4.78 is 22.9. The summed E-state index contributed by atoms with van der Waals surface area (Å²) >= 11 is 0. The van der Waals surface area contributed by atoms with Gasteiger partial charge in [-0.25, -0.2) is 8.42 Å². The van der Waals surface area contributed by atoms with E-state index in [0.717, 1.165) is 16.8 Å². The molecule has 0 aliphatic rings. The third-order valence-corrected chi connectivity index (χ3v) is 4.06. The molecule has 0 spiro atoms. The minimum atomic E-state index is -3.24. The van der Waals surface area contributed by atoms with Crippen molar-refractivity contribution in [3.63, 3.8) is 0 Å². The summed E-state index contributed by atoms with van der Waals surface area (Å²) in [6.07, 6.45) is 1.17. The van der Waals surface area contributed by atoms with E-state index in [2.05, 4.69) is 11.4 Å². The lowest BCUT2D eigenvalue weighted by Gasteiger charge is -2.12. The van der Waals surface area contributed by atoms with Gasteiger partial charge < -0.3 is 11.1 Å². The summed E-state index contributed by atoms with van der Waals surface area (Å²) in [5.41, 5.74) is 10.3. The van der Waals surface area contributed by atoms with E-state index in [9.17, 15) is 8.42 Å². The predicted molar refractivity (Wildman–Crippen MR) is 83.2 cm³/mol. The minimum absolute atomic E-state index is 0.223. The van der Waals surface area contributed by atoms with Crippen molar-refractivity contribution < 1.29 is 8.42 Å². The van der Waals surface area contributed by atoms with Gasteiger partial charge in [0, 0.05) is 11.9 Å². The first-order chi connectivity index (χ1) is 9.25. The van der Waals surface area contributed by atoms with Gasteiger partial charge in [0.05, 0.1) is 16.3 Å².